The lowest BCUT2D eigenvalue weighted by atomic mass is 10.0. The van der Waals surface area contributed by atoms with E-state index in [0.29, 0.717) is 25.2 Å². The van der Waals surface area contributed by atoms with Gasteiger partial charge in [-0.3, -0.25) is 0 Å². The van der Waals surface area contributed by atoms with Gasteiger partial charge in [0.1, 0.15) is 0 Å². The summed E-state index contributed by atoms with van der Waals surface area (Å²) in [6.45, 7) is 8.48. The van der Waals surface area contributed by atoms with Crippen LogP contribution in [0.4, 0.5) is 0 Å². The lowest BCUT2D eigenvalue weighted by Crippen LogP contribution is -2.37. The second-order valence-corrected chi connectivity index (χ2v) is 5.10. The molecule has 0 spiro atoms. The van der Waals surface area contributed by atoms with Crippen molar-refractivity contribution in [3.05, 3.63) is 23.8 Å². The summed E-state index contributed by atoms with van der Waals surface area (Å²) in [5.41, 5.74) is 1.17. The number of benzene rings is 1. The second kappa shape index (κ2) is 8.82. The first-order valence-corrected chi connectivity index (χ1v) is 7.14. The predicted octanol–water partition coefficient (Wildman–Crippen LogP) is 2.85. The van der Waals surface area contributed by atoms with E-state index in [0.717, 1.165) is 18.0 Å². The van der Waals surface area contributed by atoms with E-state index in [1.807, 2.05) is 19.1 Å². The Morgan fingerprint density at radius 1 is 1.15 bits per heavy atom. The van der Waals surface area contributed by atoms with Gasteiger partial charge in [-0.1, -0.05) is 19.9 Å². The summed E-state index contributed by atoms with van der Waals surface area (Å²) in [4.78, 5) is 0. The van der Waals surface area contributed by atoms with Crippen LogP contribution < -0.4 is 14.8 Å². The maximum absolute atomic E-state index is 5.52. The molecule has 0 amide bonds. The first-order valence-electron chi connectivity index (χ1n) is 7.14. The van der Waals surface area contributed by atoms with Gasteiger partial charge in [-0.15, -0.1) is 0 Å². The molecule has 4 heteroatoms. The van der Waals surface area contributed by atoms with Gasteiger partial charge in [-0.2, -0.15) is 0 Å². The van der Waals surface area contributed by atoms with Gasteiger partial charge in [-0.25, -0.2) is 0 Å². The lowest BCUT2D eigenvalue weighted by Gasteiger charge is -2.22. The third kappa shape index (κ3) is 5.02. The largest absolute Gasteiger partial charge is 0.493 e. The molecule has 0 saturated carbocycles. The van der Waals surface area contributed by atoms with Crippen LogP contribution in [0.2, 0.25) is 0 Å². The molecule has 1 atom stereocenters. The van der Waals surface area contributed by atoms with Crippen LogP contribution in [0.5, 0.6) is 11.5 Å². The molecule has 114 valence electrons. The molecule has 0 aliphatic rings. The summed E-state index contributed by atoms with van der Waals surface area (Å²) in [7, 11) is 3.40. The van der Waals surface area contributed by atoms with Crippen LogP contribution in [0.3, 0.4) is 0 Å². The maximum Gasteiger partial charge on any atom is 0.161 e. The van der Waals surface area contributed by atoms with E-state index < -0.39 is 0 Å². The molecule has 1 aromatic carbocycles. The highest BCUT2D eigenvalue weighted by Crippen LogP contribution is 2.28. The first-order chi connectivity index (χ1) is 9.62. The Bertz CT molecular complexity index is 393. The molecule has 0 radical (unpaired) electrons. The molecule has 1 rings (SSSR count). The molecule has 1 unspecified atom stereocenters. The first kappa shape index (κ1) is 16.8. The quantitative estimate of drug-likeness (QED) is 0.755. The Morgan fingerprint density at radius 2 is 1.90 bits per heavy atom. The van der Waals surface area contributed by atoms with E-state index in [-0.39, 0.29) is 0 Å². The van der Waals surface area contributed by atoms with Crippen molar-refractivity contribution in [1.29, 1.82) is 0 Å². The summed E-state index contributed by atoms with van der Waals surface area (Å²) >= 11 is 0. The van der Waals surface area contributed by atoms with Crippen molar-refractivity contribution in [3.63, 3.8) is 0 Å². The van der Waals surface area contributed by atoms with Crippen LogP contribution >= 0.6 is 0 Å². The number of ether oxygens (including phenoxy) is 3. The minimum absolute atomic E-state index is 0.345. The summed E-state index contributed by atoms with van der Waals surface area (Å²) in [6.07, 6.45) is 0. The van der Waals surface area contributed by atoms with Crippen molar-refractivity contribution >= 4 is 0 Å². The minimum atomic E-state index is 0.345. The topological polar surface area (TPSA) is 39.7 Å². The monoisotopic (exact) mass is 281 g/mol. The third-order valence-corrected chi connectivity index (χ3v) is 3.25. The molecular formula is C16H27NO3. The fourth-order valence-electron chi connectivity index (χ4n) is 2.01. The van der Waals surface area contributed by atoms with Crippen molar-refractivity contribution in [1.82, 2.24) is 5.32 Å². The minimum Gasteiger partial charge on any atom is -0.493 e. The van der Waals surface area contributed by atoms with E-state index in [1.165, 1.54) is 5.56 Å². The Morgan fingerprint density at radius 3 is 2.45 bits per heavy atom. The molecule has 0 bridgehead atoms. The average Bonchev–Trinajstić information content (AvgIpc) is 2.44. The fourth-order valence-corrected chi connectivity index (χ4v) is 2.01. The van der Waals surface area contributed by atoms with Crippen LogP contribution in [-0.2, 0) is 11.3 Å². The smallest absolute Gasteiger partial charge is 0.161 e. The van der Waals surface area contributed by atoms with E-state index in [1.54, 1.807) is 14.2 Å². The summed E-state index contributed by atoms with van der Waals surface area (Å²) in [5, 5.41) is 3.52. The van der Waals surface area contributed by atoms with Crippen molar-refractivity contribution in [2.45, 2.75) is 33.4 Å². The normalized spacial score (nSPS) is 12.5. The van der Waals surface area contributed by atoms with Crippen molar-refractivity contribution in [3.8, 4) is 11.5 Å². The molecule has 4 nitrogen and oxygen atoms in total. The molecular weight excluding hydrogens is 254 g/mol. The Labute approximate surface area is 122 Å². The van der Waals surface area contributed by atoms with Gasteiger partial charge in [0.15, 0.2) is 11.5 Å². The average molecular weight is 281 g/mol. The summed E-state index contributed by atoms with van der Waals surface area (Å²) < 4.78 is 16.1. The van der Waals surface area contributed by atoms with Gasteiger partial charge in [0, 0.05) is 19.7 Å². The highest BCUT2D eigenvalue weighted by molar-refractivity contribution is 5.42. The van der Waals surface area contributed by atoms with Crippen LogP contribution in [0.15, 0.2) is 18.2 Å². The molecule has 0 aromatic heterocycles. The zero-order valence-electron chi connectivity index (χ0n) is 13.2. The van der Waals surface area contributed by atoms with Gasteiger partial charge in [0.05, 0.1) is 20.3 Å². The van der Waals surface area contributed by atoms with Crippen molar-refractivity contribution in [2.75, 3.05) is 27.4 Å². The van der Waals surface area contributed by atoms with Gasteiger partial charge >= 0.3 is 0 Å². The third-order valence-electron chi connectivity index (χ3n) is 3.25. The number of hydrogen-bond donors (Lipinski definition) is 1. The zero-order valence-corrected chi connectivity index (χ0v) is 13.2. The zero-order chi connectivity index (χ0) is 15.0. The lowest BCUT2D eigenvalue weighted by molar-refractivity contribution is 0.146. The van der Waals surface area contributed by atoms with E-state index in [9.17, 15) is 0 Å². The van der Waals surface area contributed by atoms with Gasteiger partial charge in [-0.05, 0) is 30.5 Å². The highest BCUT2D eigenvalue weighted by Gasteiger charge is 2.13. The molecule has 0 saturated heterocycles. The number of nitrogens with one attached hydrogen (secondary N) is 1. The highest BCUT2D eigenvalue weighted by atomic mass is 16.5. The van der Waals surface area contributed by atoms with Crippen molar-refractivity contribution < 1.29 is 14.2 Å². The Hall–Kier alpha value is -1.26. The Kier molecular flexibility index (Phi) is 7.41. The van der Waals surface area contributed by atoms with E-state index in [2.05, 4.69) is 25.2 Å². The number of rotatable bonds is 9. The standard InChI is InChI=1S/C16H27NO3/c1-6-20-15-8-7-13(9-16(15)19-5)10-17-14(11-18-4)12(2)3/h7-9,12,14,17H,6,10-11H2,1-5H3. The summed E-state index contributed by atoms with van der Waals surface area (Å²) in [6, 6.07) is 6.38. The molecule has 0 aliphatic carbocycles. The fraction of sp³-hybridized carbons (Fsp3) is 0.625. The second-order valence-electron chi connectivity index (χ2n) is 5.10. The molecule has 1 aromatic rings. The van der Waals surface area contributed by atoms with Gasteiger partial charge in [0.2, 0.25) is 0 Å². The van der Waals surface area contributed by atoms with E-state index in [4.69, 9.17) is 14.2 Å². The van der Waals surface area contributed by atoms with Crippen LogP contribution in [0.25, 0.3) is 0 Å². The Balaban J connectivity index is 2.67. The van der Waals surface area contributed by atoms with Gasteiger partial charge < -0.3 is 19.5 Å². The van der Waals surface area contributed by atoms with Crippen LogP contribution in [-0.4, -0.2) is 33.5 Å². The molecule has 0 fully saturated rings. The molecule has 20 heavy (non-hydrogen) atoms. The SMILES string of the molecule is CCOc1ccc(CNC(COC)C(C)C)cc1OC. The predicted molar refractivity (Wildman–Crippen MR) is 81.5 cm³/mol. The van der Waals surface area contributed by atoms with E-state index >= 15 is 0 Å². The molecule has 0 aliphatic heterocycles. The molecule has 1 N–H and O–H groups in total. The van der Waals surface area contributed by atoms with Crippen LogP contribution in [0.1, 0.15) is 26.3 Å². The van der Waals surface area contributed by atoms with Crippen molar-refractivity contribution in [2.24, 2.45) is 5.92 Å². The molecule has 0 heterocycles. The number of hydrogen-bond acceptors (Lipinski definition) is 4. The van der Waals surface area contributed by atoms with Crippen LogP contribution in [0, 0.1) is 5.92 Å². The maximum atomic E-state index is 5.52. The number of methoxy groups -OCH3 is 2. The summed E-state index contributed by atoms with van der Waals surface area (Å²) in [5.74, 6) is 2.09. The van der Waals surface area contributed by atoms with Gasteiger partial charge in [0.25, 0.3) is 0 Å².